The van der Waals surface area contributed by atoms with Gasteiger partial charge in [-0.1, -0.05) is 200 Å². The number of benzene rings is 10. The second-order valence-corrected chi connectivity index (χ2v) is 16.1. The quantitative estimate of drug-likeness (QED) is 0.128. The third-order valence-corrected chi connectivity index (χ3v) is 12.4. The van der Waals surface area contributed by atoms with Crippen molar-refractivity contribution in [3.8, 4) is 33.4 Å². The van der Waals surface area contributed by atoms with Gasteiger partial charge in [-0.3, -0.25) is 0 Å². The number of nitrogens with zero attached hydrogens (tertiary/aromatic N) is 1. The lowest BCUT2D eigenvalue weighted by molar-refractivity contribution is 0.669. The minimum atomic E-state index is -0.552. The molecule has 0 spiro atoms. The van der Waals surface area contributed by atoms with Crippen LogP contribution in [0.25, 0.3) is 55.3 Å². The number of hydrogen-bond donors (Lipinski definition) is 0. The van der Waals surface area contributed by atoms with Crippen molar-refractivity contribution in [2.45, 2.75) is 5.41 Å². The number of rotatable bonds is 10. The third-order valence-electron chi connectivity index (χ3n) is 12.4. The van der Waals surface area contributed by atoms with Crippen molar-refractivity contribution < 1.29 is 4.42 Å². The fourth-order valence-corrected chi connectivity index (χ4v) is 9.42. The van der Waals surface area contributed by atoms with Gasteiger partial charge in [0.15, 0.2) is 0 Å². The molecule has 0 aliphatic rings. The SMILES string of the molecule is c1ccc(-c2cc(-c3ccccc3)cc(N(c3ccc(-c4ccc5c(c4)oc4ccccc45)cc3)c3ccc(C(c4ccccc4)(c4ccccc4)c4ccccc4)cc3)c2)cc1. The predicted molar refractivity (Wildman–Crippen MR) is 263 cm³/mol. The van der Waals surface area contributed by atoms with E-state index in [1.165, 1.54) is 33.4 Å². The summed E-state index contributed by atoms with van der Waals surface area (Å²) in [6, 6.07) is 94.0. The summed E-state index contributed by atoms with van der Waals surface area (Å²) >= 11 is 0. The van der Waals surface area contributed by atoms with Crippen LogP contribution in [0.2, 0.25) is 0 Å². The van der Waals surface area contributed by atoms with E-state index in [-0.39, 0.29) is 0 Å². The van der Waals surface area contributed by atoms with Gasteiger partial charge in [-0.2, -0.15) is 0 Å². The van der Waals surface area contributed by atoms with E-state index in [9.17, 15) is 0 Å². The highest BCUT2D eigenvalue weighted by molar-refractivity contribution is 6.06. The van der Waals surface area contributed by atoms with Crippen LogP contribution in [0.4, 0.5) is 17.1 Å². The molecular weight excluding hydrogens is 763 g/mol. The van der Waals surface area contributed by atoms with Crippen molar-refractivity contribution in [2.75, 3.05) is 4.90 Å². The van der Waals surface area contributed by atoms with E-state index in [1.54, 1.807) is 0 Å². The summed E-state index contributed by atoms with van der Waals surface area (Å²) in [5, 5.41) is 2.26. The lowest BCUT2D eigenvalue weighted by Crippen LogP contribution is -2.31. The van der Waals surface area contributed by atoms with E-state index in [0.717, 1.165) is 61.3 Å². The first kappa shape index (κ1) is 37.8. The average Bonchev–Trinajstić information content (AvgIpc) is 3.75. The van der Waals surface area contributed by atoms with Crippen molar-refractivity contribution in [1.29, 1.82) is 0 Å². The van der Waals surface area contributed by atoms with E-state index in [2.05, 4.69) is 254 Å². The molecule has 1 heterocycles. The molecule has 0 aliphatic carbocycles. The third kappa shape index (κ3) is 6.98. The highest BCUT2D eigenvalue weighted by Gasteiger charge is 2.38. The van der Waals surface area contributed by atoms with E-state index < -0.39 is 5.41 Å². The molecule has 0 saturated carbocycles. The Kier molecular flexibility index (Phi) is 9.80. The molecule has 10 aromatic carbocycles. The Hall–Kier alpha value is -8.20. The lowest BCUT2D eigenvalue weighted by atomic mass is 9.65. The number of para-hydroxylation sites is 1. The first-order chi connectivity index (χ1) is 31.2. The molecule has 0 amide bonds. The van der Waals surface area contributed by atoms with Crippen LogP contribution in [0.1, 0.15) is 22.3 Å². The Balaban J connectivity index is 1.08. The second-order valence-electron chi connectivity index (χ2n) is 16.1. The van der Waals surface area contributed by atoms with Gasteiger partial charge in [0.2, 0.25) is 0 Å². The molecule has 0 atom stereocenters. The molecule has 0 saturated heterocycles. The maximum atomic E-state index is 6.30. The molecule has 2 heteroatoms. The first-order valence-corrected chi connectivity index (χ1v) is 21.6. The smallest absolute Gasteiger partial charge is 0.136 e. The molecule has 298 valence electrons. The van der Waals surface area contributed by atoms with Crippen LogP contribution in [-0.2, 0) is 5.41 Å². The average molecular weight is 806 g/mol. The maximum absolute atomic E-state index is 6.30. The molecule has 2 nitrogen and oxygen atoms in total. The summed E-state index contributed by atoms with van der Waals surface area (Å²) in [5.41, 5.74) is 16.1. The van der Waals surface area contributed by atoms with Crippen molar-refractivity contribution >= 4 is 39.0 Å². The highest BCUT2D eigenvalue weighted by Crippen LogP contribution is 2.47. The largest absolute Gasteiger partial charge is 0.456 e. The van der Waals surface area contributed by atoms with Crippen LogP contribution in [-0.4, -0.2) is 0 Å². The summed E-state index contributed by atoms with van der Waals surface area (Å²) < 4.78 is 6.30. The molecule has 0 bridgehead atoms. The monoisotopic (exact) mass is 805 g/mol. The van der Waals surface area contributed by atoms with Gasteiger partial charge in [0.05, 0.1) is 5.41 Å². The number of furan rings is 1. The van der Waals surface area contributed by atoms with Crippen LogP contribution in [0.3, 0.4) is 0 Å². The van der Waals surface area contributed by atoms with Gasteiger partial charge in [0.1, 0.15) is 11.2 Å². The molecule has 0 radical (unpaired) electrons. The molecule has 11 aromatic rings. The summed E-state index contributed by atoms with van der Waals surface area (Å²) in [6.45, 7) is 0. The minimum absolute atomic E-state index is 0.552. The first-order valence-electron chi connectivity index (χ1n) is 21.6. The summed E-state index contributed by atoms with van der Waals surface area (Å²) in [6.07, 6.45) is 0. The Morgan fingerprint density at radius 3 is 1.17 bits per heavy atom. The van der Waals surface area contributed by atoms with Gasteiger partial charge in [-0.25, -0.2) is 0 Å². The van der Waals surface area contributed by atoms with Crippen molar-refractivity contribution in [2.24, 2.45) is 0 Å². The maximum Gasteiger partial charge on any atom is 0.136 e. The van der Waals surface area contributed by atoms with Crippen LogP contribution in [0.5, 0.6) is 0 Å². The normalized spacial score (nSPS) is 11.5. The fraction of sp³-hybridized carbons (Fsp3) is 0.0164. The van der Waals surface area contributed by atoms with Crippen molar-refractivity contribution in [1.82, 2.24) is 0 Å². The molecular formula is C61H43NO. The number of fused-ring (bicyclic) bond motifs is 3. The van der Waals surface area contributed by atoms with Crippen molar-refractivity contribution in [3.63, 3.8) is 0 Å². The summed E-state index contributed by atoms with van der Waals surface area (Å²) in [7, 11) is 0. The van der Waals surface area contributed by atoms with Crippen LogP contribution >= 0.6 is 0 Å². The van der Waals surface area contributed by atoms with Gasteiger partial charge in [-0.15, -0.1) is 0 Å². The molecule has 0 N–H and O–H groups in total. The standard InChI is InChI=1S/C61H43NO/c1-6-18-44(19-7-1)48-40-49(45-20-8-2-9-21-45)42-56(41-48)62(54-35-30-46(31-36-54)47-32-39-58-57-28-16-17-29-59(57)63-60(58)43-47)55-37-33-53(34-38-55)61(50-22-10-3-11-23-50,51-24-12-4-13-25-51)52-26-14-5-15-27-52/h1-43H. The molecule has 0 unspecified atom stereocenters. The van der Waals surface area contributed by atoms with Gasteiger partial charge < -0.3 is 9.32 Å². The zero-order valence-electron chi connectivity index (χ0n) is 34.7. The van der Waals surface area contributed by atoms with E-state index >= 15 is 0 Å². The Bertz CT molecular complexity index is 3130. The Labute approximate surface area is 368 Å². The lowest BCUT2D eigenvalue weighted by Gasteiger charge is -2.37. The molecule has 63 heavy (non-hydrogen) atoms. The van der Waals surface area contributed by atoms with Gasteiger partial charge in [0.25, 0.3) is 0 Å². The van der Waals surface area contributed by atoms with E-state index in [1.807, 2.05) is 12.1 Å². The zero-order valence-corrected chi connectivity index (χ0v) is 34.7. The summed E-state index contributed by atoms with van der Waals surface area (Å²) in [4.78, 5) is 2.39. The van der Waals surface area contributed by atoms with Crippen LogP contribution in [0, 0.1) is 0 Å². The number of hydrogen-bond acceptors (Lipinski definition) is 2. The molecule has 1 aromatic heterocycles. The Morgan fingerprint density at radius 1 is 0.254 bits per heavy atom. The highest BCUT2D eigenvalue weighted by atomic mass is 16.3. The molecule has 11 rings (SSSR count). The van der Waals surface area contributed by atoms with Gasteiger partial charge in [0, 0.05) is 27.8 Å². The Morgan fingerprint density at radius 2 is 0.651 bits per heavy atom. The van der Waals surface area contributed by atoms with E-state index in [4.69, 9.17) is 4.42 Å². The summed E-state index contributed by atoms with van der Waals surface area (Å²) in [5.74, 6) is 0. The topological polar surface area (TPSA) is 16.4 Å². The van der Waals surface area contributed by atoms with Crippen LogP contribution < -0.4 is 4.90 Å². The minimum Gasteiger partial charge on any atom is -0.456 e. The second kappa shape index (κ2) is 16.3. The van der Waals surface area contributed by atoms with E-state index in [0.29, 0.717) is 0 Å². The fourth-order valence-electron chi connectivity index (χ4n) is 9.42. The van der Waals surface area contributed by atoms with Gasteiger partial charge >= 0.3 is 0 Å². The van der Waals surface area contributed by atoms with Crippen molar-refractivity contribution in [3.05, 3.63) is 283 Å². The molecule has 0 aliphatic heterocycles. The zero-order chi connectivity index (χ0) is 42.0. The number of anilines is 3. The molecule has 0 fully saturated rings. The van der Waals surface area contributed by atoms with Gasteiger partial charge in [-0.05, 0) is 116 Å². The van der Waals surface area contributed by atoms with Crippen LogP contribution in [0.15, 0.2) is 265 Å². The predicted octanol–water partition coefficient (Wildman–Crippen LogP) is 16.4.